The molecular formula is C8H10N4O. The van der Waals surface area contributed by atoms with Crippen LogP contribution in [0.3, 0.4) is 0 Å². The van der Waals surface area contributed by atoms with Gasteiger partial charge in [-0.3, -0.25) is 4.68 Å². The average Bonchev–Trinajstić information content (AvgIpc) is 2.71. The van der Waals surface area contributed by atoms with E-state index in [2.05, 4.69) is 10.1 Å². The van der Waals surface area contributed by atoms with Crippen molar-refractivity contribution in [1.29, 1.82) is 0 Å². The lowest BCUT2D eigenvalue weighted by Crippen LogP contribution is -1.91. The minimum Gasteiger partial charge on any atom is -0.424 e. The maximum Gasteiger partial charge on any atom is 0.292 e. The summed E-state index contributed by atoms with van der Waals surface area (Å²) in [5.74, 6) is 0.650. The summed E-state index contributed by atoms with van der Waals surface area (Å²) < 4.78 is 6.95. The number of rotatable bonds is 2. The molecule has 0 atom stereocenters. The molecule has 13 heavy (non-hydrogen) atoms. The van der Waals surface area contributed by atoms with Gasteiger partial charge in [-0.1, -0.05) is 0 Å². The zero-order valence-electron chi connectivity index (χ0n) is 7.27. The molecule has 0 unspecified atom stereocenters. The van der Waals surface area contributed by atoms with Crippen LogP contribution in [0.15, 0.2) is 23.0 Å². The van der Waals surface area contributed by atoms with Crippen molar-refractivity contribution in [2.24, 2.45) is 0 Å². The summed E-state index contributed by atoms with van der Waals surface area (Å²) in [5.41, 5.74) is 6.24. The third kappa shape index (κ3) is 1.40. The second-order valence-electron chi connectivity index (χ2n) is 2.65. The Bertz CT molecular complexity index is 404. The van der Waals surface area contributed by atoms with E-state index in [4.69, 9.17) is 10.2 Å². The second-order valence-corrected chi connectivity index (χ2v) is 2.65. The lowest BCUT2D eigenvalue weighted by Gasteiger charge is -1.90. The number of nitrogens with two attached hydrogens (primary N) is 1. The molecule has 0 bridgehead atoms. The van der Waals surface area contributed by atoms with E-state index in [9.17, 15) is 0 Å². The number of anilines is 1. The van der Waals surface area contributed by atoms with Crippen LogP contribution in [0, 0.1) is 0 Å². The summed E-state index contributed by atoms with van der Waals surface area (Å²) in [5, 5.41) is 4.11. The molecular weight excluding hydrogens is 168 g/mol. The van der Waals surface area contributed by atoms with Crippen molar-refractivity contribution < 1.29 is 4.42 Å². The topological polar surface area (TPSA) is 69.9 Å². The third-order valence-electron chi connectivity index (χ3n) is 1.77. The lowest BCUT2D eigenvalue weighted by molar-refractivity contribution is 0.594. The van der Waals surface area contributed by atoms with Crippen molar-refractivity contribution in [2.45, 2.75) is 13.5 Å². The van der Waals surface area contributed by atoms with Crippen LogP contribution in [0.2, 0.25) is 0 Å². The first-order chi connectivity index (χ1) is 6.29. The van der Waals surface area contributed by atoms with Gasteiger partial charge in [0.1, 0.15) is 0 Å². The smallest absolute Gasteiger partial charge is 0.292 e. The summed E-state index contributed by atoms with van der Waals surface area (Å²) >= 11 is 0. The van der Waals surface area contributed by atoms with Gasteiger partial charge in [0.25, 0.3) is 6.01 Å². The standard InChI is InChI=1S/C8H10N4O/c1-2-12-5-6(3-11-12)7-4-10-8(9)13-7/h3-5H,2H2,1H3,(H2,9,10). The Kier molecular flexibility index (Phi) is 1.77. The Hall–Kier alpha value is -1.78. The first kappa shape index (κ1) is 7.85. The Morgan fingerprint density at radius 1 is 1.54 bits per heavy atom. The molecule has 0 aliphatic carbocycles. The Labute approximate surface area is 75.2 Å². The van der Waals surface area contributed by atoms with Crippen LogP contribution in [0.5, 0.6) is 0 Å². The maximum absolute atomic E-state index is 5.35. The van der Waals surface area contributed by atoms with E-state index in [1.165, 1.54) is 0 Å². The largest absolute Gasteiger partial charge is 0.424 e. The number of hydrogen-bond acceptors (Lipinski definition) is 4. The van der Waals surface area contributed by atoms with E-state index in [-0.39, 0.29) is 6.01 Å². The molecule has 2 aromatic rings. The molecule has 0 amide bonds. The van der Waals surface area contributed by atoms with Gasteiger partial charge < -0.3 is 10.2 Å². The van der Waals surface area contributed by atoms with E-state index >= 15 is 0 Å². The van der Waals surface area contributed by atoms with E-state index in [0.717, 1.165) is 12.1 Å². The normalized spacial score (nSPS) is 10.5. The lowest BCUT2D eigenvalue weighted by atomic mass is 10.3. The molecule has 2 aromatic heterocycles. The minimum atomic E-state index is 0.180. The number of aryl methyl sites for hydroxylation is 1. The number of nitrogen functional groups attached to an aromatic ring is 1. The van der Waals surface area contributed by atoms with Crippen molar-refractivity contribution in [1.82, 2.24) is 14.8 Å². The first-order valence-corrected chi connectivity index (χ1v) is 4.03. The Morgan fingerprint density at radius 2 is 2.38 bits per heavy atom. The third-order valence-corrected chi connectivity index (χ3v) is 1.77. The van der Waals surface area contributed by atoms with Crippen molar-refractivity contribution >= 4 is 6.01 Å². The highest BCUT2D eigenvalue weighted by molar-refractivity contribution is 5.54. The Balaban J connectivity index is 2.35. The van der Waals surface area contributed by atoms with Crippen LogP contribution in [-0.4, -0.2) is 14.8 Å². The molecule has 0 saturated heterocycles. The molecule has 0 saturated carbocycles. The molecule has 2 rings (SSSR count). The molecule has 5 heteroatoms. The van der Waals surface area contributed by atoms with Crippen molar-refractivity contribution in [3.05, 3.63) is 18.6 Å². The fraction of sp³-hybridized carbons (Fsp3) is 0.250. The van der Waals surface area contributed by atoms with Gasteiger partial charge in [0.2, 0.25) is 0 Å². The molecule has 0 aliphatic heterocycles. The molecule has 0 fully saturated rings. The summed E-state index contributed by atoms with van der Waals surface area (Å²) in [7, 11) is 0. The Morgan fingerprint density at radius 3 is 2.92 bits per heavy atom. The highest BCUT2D eigenvalue weighted by Gasteiger charge is 2.05. The minimum absolute atomic E-state index is 0.180. The molecule has 68 valence electrons. The molecule has 5 nitrogen and oxygen atoms in total. The number of nitrogens with zero attached hydrogens (tertiary/aromatic N) is 3. The summed E-state index contributed by atoms with van der Waals surface area (Å²) in [6, 6.07) is 0.180. The quantitative estimate of drug-likeness (QED) is 0.748. The fourth-order valence-electron chi connectivity index (χ4n) is 1.08. The zero-order chi connectivity index (χ0) is 9.26. The van der Waals surface area contributed by atoms with Gasteiger partial charge in [-0.2, -0.15) is 5.10 Å². The average molecular weight is 178 g/mol. The fourth-order valence-corrected chi connectivity index (χ4v) is 1.08. The van der Waals surface area contributed by atoms with Gasteiger partial charge in [-0.25, -0.2) is 4.98 Å². The van der Waals surface area contributed by atoms with E-state index in [1.54, 1.807) is 12.4 Å². The first-order valence-electron chi connectivity index (χ1n) is 4.03. The number of aromatic nitrogens is 3. The van der Waals surface area contributed by atoms with Crippen molar-refractivity contribution in [3.8, 4) is 11.3 Å². The van der Waals surface area contributed by atoms with Crippen LogP contribution in [0.25, 0.3) is 11.3 Å². The molecule has 0 aromatic carbocycles. The second kappa shape index (κ2) is 2.93. The van der Waals surface area contributed by atoms with Crippen molar-refractivity contribution in [2.75, 3.05) is 5.73 Å². The molecule has 0 aliphatic rings. The van der Waals surface area contributed by atoms with E-state index in [1.807, 2.05) is 17.8 Å². The maximum atomic E-state index is 5.35. The number of hydrogen-bond donors (Lipinski definition) is 1. The van der Waals surface area contributed by atoms with E-state index < -0.39 is 0 Å². The SMILES string of the molecule is CCn1cc(-c2cnc(N)o2)cn1. The monoisotopic (exact) mass is 178 g/mol. The van der Waals surface area contributed by atoms with Gasteiger partial charge in [-0.15, -0.1) is 0 Å². The predicted molar refractivity (Wildman–Crippen MR) is 47.8 cm³/mol. The van der Waals surface area contributed by atoms with Gasteiger partial charge in [0.15, 0.2) is 5.76 Å². The summed E-state index contributed by atoms with van der Waals surface area (Å²) in [6.07, 6.45) is 5.20. The molecule has 2 heterocycles. The van der Waals surface area contributed by atoms with Gasteiger partial charge in [-0.05, 0) is 6.92 Å². The molecule has 2 N–H and O–H groups in total. The van der Waals surface area contributed by atoms with Crippen LogP contribution < -0.4 is 5.73 Å². The summed E-state index contributed by atoms with van der Waals surface area (Å²) in [6.45, 7) is 2.86. The predicted octanol–water partition coefficient (Wildman–Crippen LogP) is 1.14. The summed E-state index contributed by atoms with van der Waals surface area (Å²) in [4.78, 5) is 3.80. The van der Waals surface area contributed by atoms with Gasteiger partial charge in [0, 0.05) is 12.7 Å². The van der Waals surface area contributed by atoms with Crippen LogP contribution in [-0.2, 0) is 6.54 Å². The molecule has 0 radical (unpaired) electrons. The van der Waals surface area contributed by atoms with E-state index in [0.29, 0.717) is 5.76 Å². The highest BCUT2D eigenvalue weighted by Crippen LogP contribution is 2.19. The highest BCUT2D eigenvalue weighted by atomic mass is 16.4. The van der Waals surface area contributed by atoms with Crippen LogP contribution >= 0.6 is 0 Å². The van der Waals surface area contributed by atoms with Gasteiger partial charge >= 0.3 is 0 Å². The molecule has 0 spiro atoms. The van der Waals surface area contributed by atoms with Crippen LogP contribution in [0.4, 0.5) is 6.01 Å². The van der Waals surface area contributed by atoms with Crippen LogP contribution in [0.1, 0.15) is 6.92 Å². The zero-order valence-corrected chi connectivity index (χ0v) is 7.27. The van der Waals surface area contributed by atoms with Gasteiger partial charge in [0.05, 0.1) is 18.0 Å². The van der Waals surface area contributed by atoms with Crippen molar-refractivity contribution in [3.63, 3.8) is 0 Å². The number of oxazole rings is 1.